The first kappa shape index (κ1) is 17.6. The van der Waals surface area contributed by atoms with E-state index < -0.39 is 63.4 Å². The summed E-state index contributed by atoms with van der Waals surface area (Å²) in [5.74, 6) is -9.99. The van der Waals surface area contributed by atoms with Crippen molar-refractivity contribution >= 4 is 11.7 Å². The van der Waals surface area contributed by atoms with Gasteiger partial charge in [0, 0.05) is 11.6 Å². The van der Waals surface area contributed by atoms with Crippen molar-refractivity contribution in [3.63, 3.8) is 0 Å². The van der Waals surface area contributed by atoms with Gasteiger partial charge in [0.1, 0.15) is 17.1 Å². The summed E-state index contributed by atoms with van der Waals surface area (Å²) in [4.78, 5) is 22.5. The Hall–Kier alpha value is -3.22. The molecule has 4 nitrogen and oxygen atoms in total. The number of nitrogens with two attached hydrogens (primary N) is 1. The maximum absolute atomic E-state index is 13.5. The Labute approximate surface area is 140 Å². The number of Topliss-reactive ketones (excluding diaryl/α,β-unsaturated/α-hetero) is 1. The van der Waals surface area contributed by atoms with Crippen molar-refractivity contribution in [3.05, 3.63) is 63.5 Å². The van der Waals surface area contributed by atoms with Crippen molar-refractivity contribution in [2.24, 2.45) is 5.73 Å². The summed E-state index contributed by atoms with van der Waals surface area (Å²) < 4.78 is 84.8. The molecule has 2 N–H and O–H groups in total. The van der Waals surface area contributed by atoms with E-state index in [1.807, 2.05) is 0 Å². The van der Waals surface area contributed by atoms with Gasteiger partial charge in [-0.2, -0.15) is 22.0 Å². The highest BCUT2D eigenvalue weighted by Gasteiger charge is 2.62. The van der Waals surface area contributed by atoms with Crippen LogP contribution in [0.4, 0.5) is 26.3 Å². The number of fused-ring (bicyclic) bond motifs is 1. The van der Waals surface area contributed by atoms with Crippen molar-refractivity contribution in [1.82, 2.24) is 0 Å². The maximum atomic E-state index is 13.5. The van der Waals surface area contributed by atoms with Gasteiger partial charge in [-0.3, -0.25) is 9.59 Å². The number of allylic oxidation sites excluding steroid dienone is 3. The molecule has 26 heavy (non-hydrogen) atoms. The number of ether oxygens (including phenoxy) is 1. The summed E-state index contributed by atoms with van der Waals surface area (Å²) in [6.07, 6.45) is -5.24. The van der Waals surface area contributed by atoms with Crippen LogP contribution in [0.3, 0.4) is 0 Å². The molecule has 1 saturated carbocycles. The second kappa shape index (κ2) is 5.39. The Morgan fingerprint density at radius 1 is 1.15 bits per heavy atom. The van der Waals surface area contributed by atoms with Crippen molar-refractivity contribution < 1.29 is 40.7 Å². The number of alkyl halides is 5. The topological polar surface area (TPSA) is 69.4 Å². The van der Waals surface area contributed by atoms with E-state index in [1.54, 1.807) is 11.5 Å². The third-order valence-electron chi connectivity index (χ3n) is 3.51. The lowest BCUT2D eigenvalue weighted by Crippen LogP contribution is -2.47. The quantitative estimate of drug-likeness (QED) is 0.654. The van der Waals surface area contributed by atoms with Crippen LogP contribution in [0.2, 0.25) is 0 Å². The molecule has 0 bridgehead atoms. The minimum Gasteiger partial charge on any atom is -0.448 e. The second-order valence-corrected chi connectivity index (χ2v) is 5.25. The first-order chi connectivity index (χ1) is 11.9. The van der Waals surface area contributed by atoms with Crippen molar-refractivity contribution in [2.75, 3.05) is 0 Å². The average molecular weight is 373 g/mol. The highest BCUT2D eigenvalue weighted by molar-refractivity contribution is 6.17. The molecule has 0 heterocycles. The molecule has 10 heteroatoms. The van der Waals surface area contributed by atoms with Gasteiger partial charge in [-0.25, -0.2) is 4.39 Å². The molecule has 1 amide bonds. The first-order valence-corrected chi connectivity index (χ1v) is 6.72. The van der Waals surface area contributed by atoms with Gasteiger partial charge in [0.25, 0.3) is 0 Å². The molecule has 1 fully saturated rings. The largest absolute Gasteiger partial charge is 0.448 e. The molecule has 134 valence electrons. The fraction of sp³-hybridized carbons (Fsp3) is 0.125. The zero-order valence-corrected chi connectivity index (χ0v) is 12.3. The van der Waals surface area contributed by atoms with E-state index in [2.05, 4.69) is 0 Å². The van der Waals surface area contributed by atoms with E-state index in [9.17, 15) is 35.9 Å². The number of primary amides is 1. The van der Waals surface area contributed by atoms with Crippen molar-refractivity contribution in [1.29, 1.82) is 0 Å². The van der Waals surface area contributed by atoms with Crippen molar-refractivity contribution in [3.8, 4) is 5.75 Å². The fourth-order valence-corrected chi connectivity index (χ4v) is 2.38. The monoisotopic (exact) mass is 373 g/mol. The smallest absolute Gasteiger partial charge is 0.421 e. The van der Waals surface area contributed by atoms with Crippen LogP contribution in [0.25, 0.3) is 0 Å². The van der Waals surface area contributed by atoms with E-state index in [-0.39, 0.29) is 0 Å². The minimum absolute atomic E-state index is 0.399. The number of carbonyl (C=O) groups excluding carboxylic acids is 2. The van der Waals surface area contributed by atoms with E-state index >= 15 is 0 Å². The summed E-state index contributed by atoms with van der Waals surface area (Å²) in [6, 6.07) is 2.20. The number of hydrogen-bond donors (Lipinski definition) is 1. The van der Waals surface area contributed by atoms with Gasteiger partial charge in [-0.15, -0.1) is 0 Å². The lowest BCUT2D eigenvalue weighted by Gasteiger charge is -2.32. The Kier molecular flexibility index (Phi) is 3.65. The summed E-state index contributed by atoms with van der Waals surface area (Å²) in [6.45, 7) is 0. The van der Waals surface area contributed by atoms with Crippen LogP contribution in [0, 0.1) is 5.82 Å². The lowest BCUT2D eigenvalue weighted by molar-refractivity contribution is -0.141. The first-order valence-electron chi connectivity index (χ1n) is 6.72. The van der Waals surface area contributed by atoms with Gasteiger partial charge in [-0.1, -0.05) is 5.73 Å². The third-order valence-corrected chi connectivity index (χ3v) is 3.51. The predicted octanol–water partition coefficient (Wildman–Crippen LogP) is 2.96. The maximum Gasteiger partial charge on any atom is 0.421 e. The molecule has 1 aromatic rings. The van der Waals surface area contributed by atoms with E-state index in [1.165, 1.54) is 0 Å². The van der Waals surface area contributed by atoms with E-state index in [0.29, 0.717) is 6.07 Å². The molecule has 1 aromatic carbocycles. The van der Waals surface area contributed by atoms with Gasteiger partial charge in [0.2, 0.25) is 11.7 Å². The molecule has 0 radical (unpaired) electrons. The summed E-state index contributed by atoms with van der Waals surface area (Å²) >= 11 is 0. The van der Waals surface area contributed by atoms with Gasteiger partial charge in [0.15, 0.2) is 5.76 Å². The number of ketones is 1. The number of halogens is 6. The number of carbonyl (C=O) groups is 2. The van der Waals surface area contributed by atoms with Crippen LogP contribution in [0.15, 0.2) is 52.1 Å². The molecule has 2 aliphatic rings. The molecule has 0 spiro atoms. The van der Waals surface area contributed by atoms with Crippen molar-refractivity contribution in [2.45, 2.75) is 12.1 Å². The normalized spacial score (nSPS) is 18.0. The van der Waals surface area contributed by atoms with Gasteiger partial charge >= 0.3 is 12.1 Å². The molecular formula is C16H5F6NO3. The Balaban J connectivity index is 2.13. The van der Waals surface area contributed by atoms with Gasteiger partial charge in [0.05, 0.1) is 11.1 Å². The van der Waals surface area contributed by atoms with Gasteiger partial charge < -0.3 is 10.5 Å². The predicted molar refractivity (Wildman–Crippen MR) is 72.6 cm³/mol. The Morgan fingerprint density at radius 2 is 1.81 bits per heavy atom. The number of benzene rings is 1. The number of rotatable bonds is 3. The van der Waals surface area contributed by atoms with Crippen LogP contribution in [0.5, 0.6) is 5.75 Å². The van der Waals surface area contributed by atoms with Crippen LogP contribution >= 0.6 is 0 Å². The van der Waals surface area contributed by atoms with Crippen LogP contribution < -0.4 is 10.5 Å². The highest BCUT2D eigenvalue weighted by Crippen LogP contribution is 2.50. The molecule has 0 aliphatic heterocycles. The average Bonchev–Trinajstić information content (AvgIpc) is 2.52. The molecule has 3 rings (SSSR count). The number of hydrogen-bond acceptors (Lipinski definition) is 3. The van der Waals surface area contributed by atoms with E-state index in [0.717, 1.165) is 12.1 Å². The molecule has 0 saturated heterocycles. The standard InChI is InChI=1S/C16H5F6NO3/c17-7-3-6(14(23)25)4-8(5-7)26-10-2-1-9-11(12(10)16(20,21)22)13(24)15(9,18)19/h3-5H,(H2,23,25). The molecule has 0 unspecified atom stereocenters. The molecule has 2 aliphatic carbocycles. The summed E-state index contributed by atoms with van der Waals surface area (Å²) in [5.41, 5.74) is 3.75. The fourth-order valence-electron chi connectivity index (χ4n) is 2.38. The zero-order chi connectivity index (χ0) is 19.4. The molecule has 0 aromatic heterocycles. The summed E-state index contributed by atoms with van der Waals surface area (Å²) in [5, 5.41) is 0. The third kappa shape index (κ3) is 2.61. The number of amides is 1. The lowest BCUT2D eigenvalue weighted by atomic mass is 9.75. The minimum atomic E-state index is -5.24. The van der Waals surface area contributed by atoms with E-state index in [4.69, 9.17) is 10.5 Å². The summed E-state index contributed by atoms with van der Waals surface area (Å²) in [7, 11) is 0. The van der Waals surface area contributed by atoms with Crippen LogP contribution in [-0.4, -0.2) is 23.8 Å². The van der Waals surface area contributed by atoms with Gasteiger partial charge in [-0.05, 0) is 17.9 Å². The highest BCUT2D eigenvalue weighted by atomic mass is 19.4. The Morgan fingerprint density at radius 3 is 2.38 bits per heavy atom. The van der Waals surface area contributed by atoms with Crippen LogP contribution in [-0.2, 0) is 4.79 Å². The molecule has 0 atom stereocenters. The second-order valence-electron chi connectivity index (χ2n) is 5.25. The zero-order valence-electron chi connectivity index (χ0n) is 12.3. The van der Waals surface area contributed by atoms with Crippen LogP contribution in [0.1, 0.15) is 10.4 Å². The SMILES string of the molecule is NC(=O)c1cc(F)cc(OC2=C=C=C3C(=C2C(F)(F)F)C(=O)C3(F)F)c1. The Bertz CT molecular complexity index is 1010. The molecular weight excluding hydrogens is 368 g/mol.